The molecule has 218 valence electrons. The lowest BCUT2D eigenvalue weighted by Gasteiger charge is -2.24. The highest BCUT2D eigenvalue weighted by atomic mass is 35.5. The van der Waals surface area contributed by atoms with Crippen molar-refractivity contribution < 1.29 is 19.4 Å². The molecule has 13 heteroatoms. The second-order valence-corrected chi connectivity index (χ2v) is 13.7. The number of thiazole rings is 1. The van der Waals surface area contributed by atoms with Crippen LogP contribution in [0.5, 0.6) is 5.75 Å². The SMILES string of the molecule is CCCCOc1ccc(C2C(C(=O)c3sc(C)nc3C)=C(O)C(=O)N2c2nnc(SCc3ccc(Cl)cc3Cl)s2)cc1. The highest BCUT2D eigenvalue weighted by Crippen LogP contribution is 2.45. The van der Waals surface area contributed by atoms with Crippen molar-refractivity contribution in [3.63, 3.8) is 0 Å². The van der Waals surface area contributed by atoms with Crippen LogP contribution in [0.1, 0.15) is 57.3 Å². The molecular weight excluding hydrogens is 635 g/mol. The molecule has 1 unspecified atom stereocenters. The van der Waals surface area contributed by atoms with Crippen LogP contribution in [0.25, 0.3) is 0 Å². The smallest absolute Gasteiger partial charge is 0.296 e. The number of anilines is 1. The van der Waals surface area contributed by atoms with E-state index in [4.69, 9.17) is 27.9 Å². The zero-order valence-corrected chi connectivity index (χ0v) is 26.9. The van der Waals surface area contributed by atoms with Gasteiger partial charge in [0.15, 0.2) is 10.1 Å². The van der Waals surface area contributed by atoms with Crippen LogP contribution in [0.4, 0.5) is 5.13 Å². The summed E-state index contributed by atoms with van der Waals surface area (Å²) in [6.07, 6.45) is 1.94. The molecule has 2 aromatic carbocycles. The van der Waals surface area contributed by atoms with E-state index in [0.29, 0.717) is 53.6 Å². The molecule has 0 radical (unpaired) electrons. The number of benzene rings is 2. The van der Waals surface area contributed by atoms with Crippen molar-refractivity contribution in [3.8, 4) is 5.75 Å². The first-order chi connectivity index (χ1) is 20.2. The number of aliphatic hydroxyl groups excluding tert-OH is 1. The van der Waals surface area contributed by atoms with E-state index >= 15 is 0 Å². The topological polar surface area (TPSA) is 106 Å². The van der Waals surface area contributed by atoms with Gasteiger partial charge >= 0.3 is 0 Å². The second kappa shape index (κ2) is 13.1. The van der Waals surface area contributed by atoms with Crippen LogP contribution in [-0.2, 0) is 10.5 Å². The van der Waals surface area contributed by atoms with Gasteiger partial charge in [-0.1, -0.05) is 77.8 Å². The predicted octanol–water partition coefficient (Wildman–Crippen LogP) is 8.17. The van der Waals surface area contributed by atoms with Crippen molar-refractivity contribution >= 4 is 74.5 Å². The van der Waals surface area contributed by atoms with Crippen LogP contribution < -0.4 is 9.64 Å². The summed E-state index contributed by atoms with van der Waals surface area (Å²) in [6.45, 7) is 6.22. The number of ether oxygens (including phenoxy) is 1. The van der Waals surface area contributed by atoms with E-state index in [1.54, 1.807) is 50.2 Å². The van der Waals surface area contributed by atoms with Crippen LogP contribution in [-0.4, -0.2) is 38.6 Å². The number of carbonyl (C=O) groups is 2. The number of Topliss-reactive ketones (excluding diaryl/α,β-unsaturated/α-hetero) is 1. The average Bonchev–Trinajstić information content (AvgIpc) is 3.64. The largest absolute Gasteiger partial charge is 0.503 e. The molecule has 8 nitrogen and oxygen atoms in total. The van der Waals surface area contributed by atoms with Crippen LogP contribution in [0.3, 0.4) is 0 Å². The summed E-state index contributed by atoms with van der Waals surface area (Å²) in [5, 5.41) is 21.7. The van der Waals surface area contributed by atoms with Gasteiger partial charge in [0.2, 0.25) is 10.9 Å². The van der Waals surface area contributed by atoms with E-state index in [1.165, 1.54) is 39.3 Å². The molecule has 1 aliphatic rings. The van der Waals surface area contributed by atoms with Crippen molar-refractivity contribution in [1.82, 2.24) is 15.2 Å². The first-order valence-corrected chi connectivity index (χ1v) is 16.4. The summed E-state index contributed by atoms with van der Waals surface area (Å²) in [6, 6.07) is 11.5. The summed E-state index contributed by atoms with van der Waals surface area (Å²) in [4.78, 5) is 33.5. The maximum absolute atomic E-state index is 13.8. The molecule has 1 atom stereocenters. The first kappa shape index (κ1) is 30.5. The number of rotatable bonds is 11. The Balaban J connectivity index is 1.48. The van der Waals surface area contributed by atoms with Gasteiger partial charge in [-0.05, 0) is 55.7 Å². The third-order valence-electron chi connectivity index (χ3n) is 6.49. The van der Waals surface area contributed by atoms with E-state index in [1.807, 2.05) is 6.07 Å². The predicted molar refractivity (Wildman–Crippen MR) is 169 cm³/mol. The lowest BCUT2D eigenvalue weighted by molar-refractivity contribution is -0.117. The maximum atomic E-state index is 13.8. The van der Waals surface area contributed by atoms with Crippen LogP contribution >= 0.6 is 57.6 Å². The Hall–Kier alpha value is -2.96. The van der Waals surface area contributed by atoms with Gasteiger partial charge in [0.1, 0.15) is 5.75 Å². The van der Waals surface area contributed by atoms with Gasteiger partial charge in [0.25, 0.3) is 5.91 Å². The summed E-state index contributed by atoms with van der Waals surface area (Å²) >= 11 is 16.2. The number of carbonyl (C=O) groups excluding carboxylic acids is 2. The van der Waals surface area contributed by atoms with Gasteiger partial charge in [-0.25, -0.2) is 4.98 Å². The van der Waals surface area contributed by atoms with Crippen LogP contribution in [0, 0.1) is 13.8 Å². The van der Waals surface area contributed by atoms with Crippen molar-refractivity contribution in [1.29, 1.82) is 0 Å². The zero-order valence-electron chi connectivity index (χ0n) is 22.9. The number of ketones is 1. The summed E-state index contributed by atoms with van der Waals surface area (Å²) < 4.78 is 6.40. The number of hydrogen-bond acceptors (Lipinski definition) is 10. The van der Waals surface area contributed by atoms with E-state index in [9.17, 15) is 14.7 Å². The molecule has 0 bridgehead atoms. The van der Waals surface area contributed by atoms with Crippen LogP contribution in [0.15, 0.2) is 58.1 Å². The molecule has 42 heavy (non-hydrogen) atoms. The number of unbranched alkanes of at least 4 members (excludes halogenated alkanes) is 1. The van der Waals surface area contributed by atoms with Gasteiger partial charge < -0.3 is 9.84 Å². The summed E-state index contributed by atoms with van der Waals surface area (Å²) in [5.41, 5.74) is 2.02. The molecule has 0 aliphatic carbocycles. The normalized spacial score (nSPS) is 15.1. The number of aromatic nitrogens is 3. The molecule has 1 amide bonds. The number of halogens is 2. The fourth-order valence-electron chi connectivity index (χ4n) is 4.43. The van der Waals surface area contributed by atoms with Crippen molar-refractivity contribution in [2.24, 2.45) is 0 Å². The van der Waals surface area contributed by atoms with E-state index < -0.39 is 23.5 Å². The Kier molecular flexibility index (Phi) is 9.54. The number of nitrogens with zero attached hydrogens (tertiary/aromatic N) is 4. The molecule has 0 fully saturated rings. The third kappa shape index (κ3) is 6.35. The Morgan fingerprint density at radius 2 is 1.88 bits per heavy atom. The van der Waals surface area contributed by atoms with Crippen LogP contribution in [0.2, 0.25) is 10.0 Å². The monoisotopic (exact) mass is 660 g/mol. The van der Waals surface area contributed by atoms with E-state index in [2.05, 4.69) is 22.1 Å². The minimum Gasteiger partial charge on any atom is -0.503 e. The number of aryl methyl sites for hydroxylation is 2. The van der Waals surface area contributed by atoms with Gasteiger partial charge in [0, 0.05) is 15.8 Å². The molecule has 5 rings (SSSR count). The van der Waals surface area contributed by atoms with Crippen molar-refractivity contribution in [2.75, 3.05) is 11.5 Å². The molecule has 4 aromatic rings. The minimum atomic E-state index is -0.923. The van der Waals surface area contributed by atoms with Gasteiger partial charge in [-0.3, -0.25) is 14.5 Å². The van der Waals surface area contributed by atoms with E-state index in [0.717, 1.165) is 18.4 Å². The maximum Gasteiger partial charge on any atom is 0.296 e. The number of hydrogen-bond donors (Lipinski definition) is 1. The van der Waals surface area contributed by atoms with Gasteiger partial charge in [-0.2, -0.15) is 0 Å². The standard InChI is InChI=1S/C29H26Cl2N4O4S3/c1-4-5-12-39-20-10-7-17(8-11-20)23-22(24(36)26-15(2)32-16(3)41-26)25(37)27(38)35(23)28-33-34-29(42-28)40-14-18-6-9-19(30)13-21(18)31/h6-11,13,23,37H,4-5,12,14H2,1-3H3. The fourth-order valence-corrected chi connectivity index (χ4v) is 7.73. The number of thioether (sulfide) groups is 1. The minimum absolute atomic E-state index is 0.0243. The quantitative estimate of drug-likeness (QED) is 0.0743. The Morgan fingerprint density at radius 3 is 2.55 bits per heavy atom. The van der Waals surface area contributed by atoms with Gasteiger partial charge in [-0.15, -0.1) is 21.5 Å². The highest BCUT2D eigenvalue weighted by molar-refractivity contribution is 8.00. The Bertz CT molecular complexity index is 1670. The van der Waals surface area contributed by atoms with Crippen molar-refractivity contribution in [2.45, 2.75) is 49.7 Å². The van der Waals surface area contributed by atoms with Crippen molar-refractivity contribution in [3.05, 3.63) is 90.5 Å². The Labute approximate surface area is 265 Å². The van der Waals surface area contributed by atoms with E-state index in [-0.39, 0.29) is 10.7 Å². The average molecular weight is 662 g/mol. The summed E-state index contributed by atoms with van der Waals surface area (Å²) in [7, 11) is 0. The van der Waals surface area contributed by atoms with Gasteiger partial charge in [0.05, 0.1) is 33.8 Å². The molecule has 1 N–H and O–H groups in total. The molecule has 3 heterocycles. The lowest BCUT2D eigenvalue weighted by Crippen LogP contribution is -2.31. The number of aliphatic hydroxyl groups is 1. The molecule has 0 saturated heterocycles. The highest BCUT2D eigenvalue weighted by Gasteiger charge is 2.46. The Morgan fingerprint density at radius 1 is 1.12 bits per heavy atom. The zero-order chi connectivity index (χ0) is 30.0. The second-order valence-electron chi connectivity index (χ2n) is 9.46. The molecular formula is C29H26Cl2N4O4S3. The molecule has 0 spiro atoms. The first-order valence-electron chi connectivity index (χ1n) is 13.1. The number of amides is 1. The molecule has 2 aromatic heterocycles. The summed E-state index contributed by atoms with van der Waals surface area (Å²) in [5.74, 6) is -0.599. The molecule has 1 aliphatic heterocycles. The lowest BCUT2D eigenvalue weighted by atomic mass is 9.95. The fraction of sp³-hybridized carbons (Fsp3) is 0.276. The molecule has 0 saturated carbocycles. The third-order valence-corrected chi connectivity index (χ3v) is 10.3.